The third-order valence-electron chi connectivity index (χ3n) is 4.65. The fourth-order valence-electron chi connectivity index (χ4n) is 3.38. The van der Waals surface area contributed by atoms with Crippen LogP contribution < -0.4 is 15.4 Å². The molecule has 132 valence electrons. The average Bonchev–Trinajstić information content (AvgIpc) is 2.62. The molecule has 0 aliphatic carbocycles. The molecule has 1 unspecified atom stereocenters. The Kier molecular flexibility index (Phi) is 4.74. The van der Waals surface area contributed by atoms with E-state index in [9.17, 15) is 9.90 Å². The summed E-state index contributed by atoms with van der Waals surface area (Å²) in [5.74, 6) is 0.786. The average molecular weight is 342 g/mol. The van der Waals surface area contributed by atoms with Gasteiger partial charge in [-0.3, -0.25) is 4.79 Å². The third kappa shape index (κ3) is 3.65. The van der Waals surface area contributed by atoms with Crippen LogP contribution in [0.15, 0.2) is 36.5 Å². The van der Waals surface area contributed by atoms with Crippen LogP contribution in [0, 0.1) is 5.41 Å². The van der Waals surface area contributed by atoms with Crippen molar-refractivity contribution in [2.45, 2.75) is 19.3 Å². The third-order valence-corrected chi connectivity index (χ3v) is 4.65. The molecule has 3 N–H and O–H groups in total. The molecule has 25 heavy (non-hydrogen) atoms. The molecule has 1 atom stereocenters. The Labute approximate surface area is 146 Å². The van der Waals surface area contributed by atoms with Gasteiger partial charge in [0.25, 0.3) is 0 Å². The summed E-state index contributed by atoms with van der Waals surface area (Å²) in [6, 6.07) is 9.17. The number of aliphatic carboxylic acids is 1. The van der Waals surface area contributed by atoms with Gasteiger partial charge in [0.1, 0.15) is 11.6 Å². The zero-order chi connectivity index (χ0) is 17.9. The van der Waals surface area contributed by atoms with E-state index in [1.807, 2.05) is 29.2 Å². The number of carboxylic acid groups (broad SMARTS) is 1. The predicted molar refractivity (Wildman–Crippen MR) is 94.7 cm³/mol. The van der Waals surface area contributed by atoms with Crippen molar-refractivity contribution in [3.63, 3.8) is 0 Å². The molecular formula is C18H22N4O3. The number of methoxy groups -OCH3 is 1. The van der Waals surface area contributed by atoms with Crippen LogP contribution in [0.5, 0.6) is 5.75 Å². The summed E-state index contributed by atoms with van der Waals surface area (Å²) in [4.78, 5) is 22.5. The molecular weight excluding hydrogens is 320 g/mol. The highest BCUT2D eigenvalue weighted by Crippen LogP contribution is 2.36. The highest BCUT2D eigenvalue weighted by Gasteiger charge is 2.43. The minimum atomic E-state index is -0.890. The monoisotopic (exact) mass is 342 g/mol. The number of ether oxygens (including phenoxy) is 1. The molecule has 7 heteroatoms. The molecule has 0 spiro atoms. The second-order valence-corrected chi connectivity index (χ2v) is 6.42. The van der Waals surface area contributed by atoms with Gasteiger partial charge in [-0.1, -0.05) is 12.1 Å². The zero-order valence-electron chi connectivity index (χ0n) is 14.2. The first-order valence-electron chi connectivity index (χ1n) is 8.22. The number of benzene rings is 1. The number of nitrogens with two attached hydrogens (primary N) is 1. The lowest BCUT2D eigenvalue weighted by Gasteiger charge is -2.40. The van der Waals surface area contributed by atoms with Crippen LogP contribution in [0.1, 0.15) is 18.4 Å². The van der Waals surface area contributed by atoms with Crippen LogP contribution in [0.3, 0.4) is 0 Å². The predicted octanol–water partition coefficient (Wildman–Crippen LogP) is 1.98. The number of nitrogens with zero attached hydrogens (tertiary/aromatic N) is 3. The number of hydrogen-bond acceptors (Lipinski definition) is 6. The van der Waals surface area contributed by atoms with E-state index in [1.54, 1.807) is 19.4 Å². The lowest BCUT2D eigenvalue weighted by molar-refractivity contribution is -0.149. The highest BCUT2D eigenvalue weighted by atomic mass is 16.5. The molecule has 0 saturated carbocycles. The lowest BCUT2D eigenvalue weighted by atomic mass is 9.75. The van der Waals surface area contributed by atoms with Gasteiger partial charge in [0.2, 0.25) is 5.95 Å². The Morgan fingerprint density at radius 1 is 1.44 bits per heavy atom. The van der Waals surface area contributed by atoms with Crippen molar-refractivity contribution in [1.29, 1.82) is 0 Å². The molecule has 1 aromatic heterocycles. The second-order valence-electron chi connectivity index (χ2n) is 6.42. The SMILES string of the molecule is COc1cccc(CC2(C(=O)O)CCCN(c3nccc(N)n3)C2)c1. The van der Waals surface area contributed by atoms with Crippen molar-refractivity contribution >= 4 is 17.7 Å². The highest BCUT2D eigenvalue weighted by molar-refractivity contribution is 5.76. The van der Waals surface area contributed by atoms with E-state index >= 15 is 0 Å². The molecule has 0 bridgehead atoms. The second kappa shape index (κ2) is 6.96. The maximum Gasteiger partial charge on any atom is 0.311 e. The Bertz CT molecular complexity index is 767. The van der Waals surface area contributed by atoms with Gasteiger partial charge >= 0.3 is 5.97 Å². The fourth-order valence-corrected chi connectivity index (χ4v) is 3.38. The van der Waals surface area contributed by atoms with Gasteiger partial charge in [-0.25, -0.2) is 4.98 Å². The number of hydrogen-bond donors (Lipinski definition) is 2. The number of carbonyl (C=O) groups is 1. The molecule has 1 aliphatic heterocycles. The molecule has 1 aromatic carbocycles. The number of nitrogen functional groups attached to an aromatic ring is 1. The molecule has 3 rings (SSSR count). The Morgan fingerprint density at radius 3 is 3.00 bits per heavy atom. The minimum Gasteiger partial charge on any atom is -0.497 e. The Morgan fingerprint density at radius 2 is 2.28 bits per heavy atom. The number of aromatic nitrogens is 2. The first kappa shape index (κ1) is 17.0. The van der Waals surface area contributed by atoms with Gasteiger partial charge < -0.3 is 20.5 Å². The molecule has 7 nitrogen and oxygen atoms in total. The summed E-state index contributed by atoms with van der Waals surface area (Å²) in [6.45, 7) is 1.07. The number of carboxylic acids is 1. The van der Waals surface area contributed by atoms with Crippen molar-refractivity contribution in [3.05, 3.63) is 42.1 Å². The summed E-state index contributed by atoms with van der Waals surface area (Å²) in [5, 5.41) is 9.97. The van der Waals surface area contributed by atoms with Crippen LogP contribution in [0.25, 0.3) is 0 Å². The summed E-state index contributed by atoms with van der Waals surface area (Å²) in [5.41, 5.74) is 5.79. The maximum absolute atomic E-state index is 12.2. The maximum atomic E-state index is 12.2. The van der Waals surface area contributed by atoms with Crippen molar-refractivity contribution in [1.82, 2.24) is 9.97 Å². The number of piperidine rings is 1. The first-order valence-corrected chi connectivity index (χ1v) is 8.22. The van der Waals surface area contributed by atoms with Crippen molar-refractivity contribution < 1.29 is 14.6 Å². The van der Waals surface area contributed by atoms with Crippen LogP contribution >= 0.6 is 0 Å². The molecule has 2 heterocycles. The minimum absolute atomic E-state index is 0.350. The molecule has 1 saturated heterocycles. The first-order chi connectivity index (χ1) is 12.0. The normalized spacial score (nSPS) is 20.3. The molecule has 1 fully saturated rings. The van der Waals surface area contributed by atoms with Crippen molar-refractivity contribution in [2.75, 3.05) is 30.8 Å². The molecule has 1 aliphatic rings. The van der Waals surface area contributed by atoms with Gasteiger partial charge in [-0.2, -0.15) is 4.98 Å². The van der Waals surface area contributed by atoms with E-state index in [2.05, 4.69) is 9.97 Å². The summed E-state index contributed by atoms with van der Waals surface area (Å²) in [7, 11) is 1.60. The topological polar surface area (TPSA) is 102 Å². The molecule has 0 amide bonds. The van der Waals surface area contributed by atoms with Gasteiger partial charge in [0.15, 0.2) is 0 Å². The van der Waals surface area contributed by atoms with E-state index in [0.717, 1.165) is 24.3 Å². The smallest absolute Gasteiger partial charge is 0.311 e. The quantitative estimate of drug-likeness (QED) is 0.856. The van der Waals surface area contributed by atoms with Gasteiger partial charge in [0, 0.05) is 19.3 Å². The van der Waals surface area contributed by atoms with E-state index in [-0.39, 0.29) is 0 Å². The molecule has 2 aromatic rings. The van der Waals surface area contributed by atoms with E-state index in [4.69, 9.17) is 10.5 Å². The van der Waals surface area contributed by atoms with Crippen molar-refractivity contribution in [2.24, 2.45) is 5.41 Å². The summed E-state index contributed by atoms with van der Waals surface area (Å²) >= 11 is 0. The summed E-state index contributed by atoms with van der Waals surface area (Å²) in [6.07, 6.45) is 3.39. The van der Waals surface area contributed by atoms with Crippen molar-refractivity contribution in [3.8, 4) is 5.75 Å². The molecule has 0 radical (unpaired) electrons. The standard InChI is InChI=1S/C18H22N4O3/c1-25-14-5-2-4-13(10-14)11-18(16(23)24)7-3-9-22(12-18)17-20-8-6-15(19)21-17/h2,4-6,8,10H,3,7,9,11-12H2,1H3,(H,23,24)(H2,19,20,21). The van der Waals surface area contributed by atoms with E-state index in [1.165, 1.54) is 0 Å². The summed E-state index contributed by atoms with van der Waals surface area (Å²) < 4.78 is 5.25. The van der Waals surface area contributed by atoms with Crippen LogP contribution in [-0.2, 0) is 11.2 Å². The Balaban J connectivity index is 1.87. The fraction of sp³-hybridized carbons (Fsp3) is 0.389. The van der Waals surface area contributed by atoms with Crippen LogP contribution in [-0.4, -0.2) is 41.2 Å². The lowest BCUT2D eigenvalue weighted by Crippen LogP contribution is -2.49. The van der Waals surface area contributed by atoms with Gasteiger partial charge in [0.05, 0.1) is 12.5 Å². The van der Waals surface area contributed by atoms with Gasteiger partial charge in [-0.05, 0) is 43.0 Å². The zero-order valence-corrected chi connectivity index (χ0v) is 14.2. The van der Waals surface area contributed by atoms with E-state index in [0.29, 0.717) is 31.2 Å². The number of rotatable bonds is 5. The largest absolute Gasteiger partial charge is 0.497 e. The van der Waals surface area contributed by atoms with Crippen LogP contribution in [0.4, 0.5) is 11.8 Å². The van der Waals surface area contributed by atoms with E-state index < -0.39 is 11.4 Å². The number of anilines is 2. The van der Waals surface area contributed by atoms with Gasteiger partial charge in [-0.15, -0.1) is 0 Å². The Hall–Kier alpha value is -2.83. The van der Waals surface area contributed by atoms with Crippen LogP contribution in [0.2, 0.25) is 0 Å².